The molecule has 1 aliphatic carbocycles. The van der Waals surface area contributed by atoms with Gasteiger partial charge in [-0.1, -0.05) is 72.8 Å². The summed E-state index contributed by atoms with van der Waals surface area (Å²) in [6.45, 7) is 3.37. The lowest BCUT2D eigenvalue weighted by atomic mass is 9.55. The first-order chi connectivity index (χ1) is 26.6. The molecule has 0 bridgehead atoms. The molecule has 0 aliphatic heterocycles. The maximum absolute atomic E-state index is 15.3. The number of allylic oxidation sites excluding steroid dienone is 4. The molecule has 304 valence electrons. The van der Waals surface area contributed by atoms with Crippen molar-refractivity contribution in [2.75, 3.05) is 26.4 Å². The second kappa shape index (κ2) is 19.4. The predicted octanol–water partition coefficient (Wildman–Crippen LogP) is 9.52. The summed E-state index contributed by atoms with van der Waals surface area (Å²) in [4.78, 5) is 22.9. The quantitative estimate of drug-likeness (QED) is 0.0811. The summed E-state index contributed by atoms with van der Waals surface area (Å²) in [6, 6.07) is 20.3. The second-order valence-corrected chi connectivity index (χ2v) is 13.4. The SMILES string of the molecule is CCO[C@@H](Cc1ccc(OCCCC2(CCCOc3ccc(C[C@H](OCC)C(=O)O)cc3)C=CC(c3ccccc3)=CC2(C(F)(F)F)C(F)(F)F)cc1)C(=O)O. The van der Waals surface area contributed by atoms with Crippen LogP contribution in [0.5, 0.6) is 11.5 Å². The Balaban J connectivity index is 1.55. The van der Waals surface area contributed by atoms with Gasteiger partial charge in [0.15, 0.2) is 17.6 Å². The standard InChI is InChI=1S/C42H46F6O8/c1-3-53-35(37(49)50)26-29-12-16-33(17-13-29)55-24-8-21-39(22-9-25-56-34-18-14-30(15-19-34)27-36(38(51)52)54-4-2)23-20-32(31-10-6-5-7-11-31)28-40(39,41(43,44)45)42(46,47)48/h5-7,10-20,23,28,35-36H,3-4,8-9,21-22,24-27H2,1-2H3,(H,49,50)(H,51,52)/t35-,36-/m0/s1. The van der Waals surface area contributed by atoms with Gasteiger partial charge in [-0.05, 0) is 86.1 Å². The van der Waals surface area contributed by atoms with Crippen molar-refractivity contribution in [2.45, 2.75) is 76.9 Å². The highest BCUT2D eigenvalue weighted by atomic mass is 19.4. The van der Waals surface area contributed by atoms with Crippen molar-refractivity contribution < 1.29 is 65.1 Å². The van der Waals surface area contributed by atoms with E-state index in [1.165, 1.54) is 30.3 Å². The van der Waals surface area contributed by atoms with E-state index >= 15 is 26.3 Å². The van der Waals surface area contributed by atoms with Gasteiger partial charge in [0, 0.05) is 31.5 Å². The molecule has 1 aliphatic rings. The Labute approximate surface area is 321 Å². The maximum atomic E-state index is 15.3. The van der Waals surface area contributed by atoms with E-state index in [1.54, 1.807) is 68.4 Å². The van der Waals surface area contributed by atoms with Gasteiger partial charge in [-0.15, -0.1) is 0 Å². The molecule has 0 unspecified atom stereocenters. The fourth-order valence-electron chi connectivity index (χ4n) is 7.06. The lowest BCUT2D eigenvalue weighted by Crippen LogP contribution is -2.60. The molecule has 0 amide bonds. The second-order valence-electron chi connectivity index (χ2n) is 13.4. The van der Waals surface area contributed by atoms with Crippen LogP contribution >= 0.6 is 0 Å². The molecular weight excluding hydrogens is 746 g/mol. The number of alkyl halides is 6. The van der Waals surface area contributed by atoms with Crippen LogP contribution in [0.3, 0.4) is 0 Å². The Morgan fingerprint density at radius 1 is 0.661 bits per heavy atom. The van der Waals surface area contributed by atoms with Crippen LogP contribution in [-0.4, -0.2) is 73.1 Å². The third-order valence-corrected chi connectivity index (χ3v) is 9.79. The molecule has 0 spiro atoms. The van der Waals surface area contributed by atoms with Crippen LogP contribution in [0, 0.1) is 10.8 Å². The topological polar surface area (TPSA) is 112 Å². The summed E-state index contributed by atoms with van der Waals surface area (Å²) in [5.74, 6) is -1.62. The van der Waals surface area contributed by atoms with Crippen LogP contribution < -0.4 is 9.47 Å². The molecule has 3 aromatic rings. The number of aliphatic carboxylic acids is 2. The van der Waals surface area contributed by atoms with E-state index in [0.29, 0.717) is 28.7 Å². The Hall–Kier alpha value is -4.82. The minimum absolute atomic E-state index is 0.0878. The third kappa shape index (κ3) is 10.7. The molecule has 0 radical (unpaired) electrons. The summed E-state index contributed by atoms with van der Waals surface area (Å²) < 4.78 is 114. The lowest BCUT2D eigenvalue weighted by molar-refractivity contribution is -0.353. The van der Waals surface area contributed by atoms with Gasteiger partial charge in [0.25, 0.3) is 0 Å². The van der Waals surface area contributed by atoms with Gasteiger partial charge < -0.3 is 29.2 Å². The Kier molecular flexibility index (Phi) is 15.2. The number of carboxylic acid groups (broad SMARTS) is 2. The van der Waals surface area contributed by atoms with Crippen LogP contribution in [0.2, 0.25) is 0 Å². The minimum Gasteiger partial charge on any atom is -0.494 e. The van der Waals surface area contributed by atoms with Crippen LogP contribution in [0.25, 0.3) is 5.57 Å². The average Bonchev–Trinajstić information content (AvgIpc) is 3.15. The number of carboxylic acids is 2. The van der Waals surface area contributed by atoms with Crippen molar-refractivity contribution in [2.24, 2.45) is 10.8 Å². The van der Waals surface area contributed by atoms with E-state index in [1.807, 2.05) is 0 Å². The summed E-state index contributed by atoms with van der Waals surface area (Å²) in [5.41, 5.74) is -5.44. The zero-order valence-electron chi connectivity index (χ0n) is 31.1. The van der Waals surface area contributed by atoms with Crippen LogP contribution in [0.1, 0.15) is 56.2 Å². The van der Waals surface area contributed by atoms with E-state index in [9.17, 15) is 19.8 Å². The summed E-state index contributed by atoms with van der Waals surface area (Å²) in [6.07, 6.45) is -12.1. The van der Waals surface area contributed by atoms with E-state index in [-0.39, 0.29) is 63.2 Å². The first-order valence-corrected chi connectivity index (χ1v) is 18.3. The number of rotatable bonds is 21. The first-order valence-electron chi connectivity index (χ1n) is 18.3. The molecule has 0 saturated carbocycles. The number of carbonyl (C=O) groups is 2. The molecular formula is C42H46F6O8. The number of benzene rings is 3. The minimum atomic E-state index is -5.74. The molecule has 2 N–H and O–H groups in total. The molecule has 0 heterocycles. The van der Waals surface area contributed by atoms with E-state index in [2.05, 4.69) is 0 Å². The molecule has 0 fully saturated rings. The van der Waals surface area contributed by atoms with Crippen molar-refractivity contribution in [3.05, 3.63) is 114 Å². The van der Waals surface area contributed by atoms with Gasteiger partial charge in [-0.3, -0.25) is 0 Å². The Morgan fingerprint density at radius 2 is 1.09 bits per heavy atom. The Morgan fingerprint density at radius 3 is 1.46 bits per heavy atom. The zero-order chi connectivity index (χ0) is 41.0. The van der Waals surface area contributed by atoms with Crippen molar-refractivity contribution in [1.82, 2.24) is 0 Å². The molecule has 3 aromatic carbocycles. The zero-order valence-corrected chi connectivity index (χ0v) is 31.1. The summed E-state index contributed by atoms with van der Waals surface area (Å²) in [7, 11) is 0. The highest BCUT2D eigenvalue weighted by Gasteiger charge is 2.77. The van der Waals surface area contributed by atoms with Crippen LogP contribution in [-0.2, 0) is 31.9 Å². The fraction of sp³-hybridized carbons (Fsp3) is 0.429. The summed E-state index contributed by atoms with van der Waals surface area (Å²) >= 11 is 0. The number of halogens is 6. The predicted molar refractivity (Wildman–Crippen MR) is 196 cm³/mol. The number of ether oxygens (including phenoxy) is 4. The van der Waals surface area contributed by atoms with Crippen molar-refractivity contribution in [3.63, 3.8) is 0 Å². The van der Waals surface area contributed by atoms with E-state index < -0.39 is 60.2 Å². The largest absolute Gasteiger partial charge is 0.494 e. The lowest BCUT2D eigenvalue weighted by Gasteiger charge is -2.51. The van der Waals surface area contributed by atoms with Gasteiger partial charge in [-0.25, -0.2) is 9.59 Å². The van der Waals surface area contributed by atoms with Crippen molar-refractivity contribution >= 4 is 17.5 Å². The first kappa shape index (κ1) is 43.9. The van der Waals surface area contributed by atoms with Gasteiger partial charge in [0.05, 0.1) is 13.2 Å². The fourth-order valence-corrected chi connectivity index (χ4v) is 7.06. The van der Waals surface area contributed by atoms with Gasteiger partial charge in [-0.2, -0.15) is 26.3 Å². The molecule has 8 nitrogen and oxygen atoms in total. The van der Waals surface area contributed by atoms with Crippen LogP contribution in [0.4, 0.5) is 26.3 Å². The molecule has 56 heavy (non-hydrogen) atoms. The number of hydrogen-bond donors (Lipinski definition) is 2. The van der Waals surface area contributed by atoms with E-state index in [4.69, 9.17) is 18.9 Å². The molecule has 0 saturated heterocycles. The molecule has 2 atom stereocenters. The normalized spacial score (nSPS) is 16.1. The summed E-state index contributed by atoms with van der Waals surface area (Å²) in [5, 5.41) is 18.7. The monoisotopic (exact) mass is 792 g/mol. The van der Waals surface area contributed by atoms with Crippen molar-refractivity contribution in [1.29, 1.82) is 0 Å². The average molecular weight is 793 g/mol. The van der Waals surface area contributed by atoms with Crippen molar-refractivity contribution in [3.8, 4) is 11.5 Å². The van der Waals surface area contributed by atoms with Gasteiger partial charge in [0.2, 0.25) is 0 Å². The third-order valence-electron chi connectivity index (χ3n) is 9.79. The van der Waals surface area contributed by atoms with Crippen LogP contribution in [0.15, 0.2) is 97.1 Å². The number of hydrogen-bond acceptors (Lipinski definition) is 6. The highest BCUT2D eigenvalue weighted by Crippen LogP contribution is 2.67. The van der Waals surface area contributed by atoms with Gasteiger partial charge in [0.1, 0.15) is 11.5 Å². The smallest absolute Gasteiger partial charge is 0.407 e. The Bertz CT molecular complexity index is 1680. The van der Waals surface area contributed by atoms with E-state index in [0.717, 1.165) is 6.08 Å². The molecule has 14 heteroatoms. The highest BCUT2D eigenvalue weighted by molar-refractivity contribution is 5.77. The maximum Gasteiger partial charge on any atom is 0.407 e. The van der Waals surface area contributed by atoms with Gasteiger partial charge >= 0.3 is 24.3 Å². The molecule has 0 aromatic heterocycles. The molecule has 4 rings (SSSR count).